The number of hydrogen-bond acceptors (Lipinski definition) is 9. The predicted octanol–water partition coefficient (Wildman–Crippen LogP) is -6.28. The molecule has 0 rings (SSSR count). The van der Waals surface area contributed by atoms with Crippen molar-refractivity contribution in [3.8, 4) is 0 Å². The smallest absolute Gasteiger partial charge is 0.328 e. The summed E-state index contributed by atoms with van der Waals surface area (Å²) in [5.41, 5.74) is 5.07. The fourth-order valence-corrected chi connectivity index (χ4v) is 1.82. The molecule has 0 fully saturated rings. The molecule has 0 radical (unpaired) electrons. The Labute approximate surface area is 170 Å². The SMILES string of the molecule is CC(NC(=O)CNC(=O)CNC(=O)C(CO)NC(=O)CN)C(=O)NC(CO)C(=O)O. The number of hydrogen-bond donors (Lipinski definition) is 9. The van der Waals surface area contributed by atoms with Crippen molar-refractivity contribution in [1.29, 1.82) is 0 Å². The molecule has 0 spiro atoms. The largest absolute Gasteiger partial charge is 0.480 e. The third kappa shape index (κ3) is 10.3. The molecule has 0 saturated heterocycles. The molecular formula is C15H26N6O9. The van der Waals surface area contributed by atoms with Gasteiger partial charge in [0.25, 0.3) is 0 Å². The van der Waals surface area contributed by atoms with Crippen molar-refractivity contribution in [3.05, 3.63) is 0 Å². The quantitative estimate of drug-likeness (QED) is 0.132. The number of rotatable bonds is 13. The fourth-order valence-electron chi connectivity index (χ4n) is 1.82. The van der Waals surface area contributed by atoms with Gasteiger partial charge >= 0.3 is 5.97 Å². The van der Waals surface area contributed by atoms with Crippen LogP contribution in [0.2, 0.25) is 0 Å². The van der Waals surface area contributed by atoms with Gasteiger partial charge in [-0.05, 0) is 6.92 Å². The van der Waals surface area contributed by atoms with Crippen LogP contribution in [0.15, 0.2) is 0 Å². The van der Waals surface area contributed by atoms with Crippen LogP contribution in [0, 0.1) is 0 Å². The van der Waals surface area contributed by atoms with E-state index < -0.39 is 86.5 Å². The molecule has 0 aliphatic heterocycles. The summed E-state index contributed by atoms with van der Waals surface area (Å²) in [7, 11) is 0. The Morgan fingerprint density at radius 3 is 1.83 bits per heavy atom. The first-order chi connectivity index (χ1) is 14.0. The lowest BCUT2D eigenvalue weighted by Gasteiger charge is -2.17. The summed E-state index contributed by atoms with van der Waals surface area (Å²) >= 11 is 0. The zero-order chi connectivity index (χ0) is 23.3. The van der Waals surface area contributed by atoms with Crippen LogP contribution >= 0.6 is 0 Å². The van der Waals surface area contributed by atoms with Gasteiger partial charge in [-0.1, -0.05) is 0 Å². The second kappa shape index (κ2) is 13.8. The first-order valence-corrected chi connectivity index (χ1v) is 8.63. The van der Waals surface area contributed by atoms with E-state index in [1.807, 2.05) is 5.32 Å². The summed E-state index contributed by atoms with van der Waals surface area (Å²) in [6.45, 7) is -1.81. The van der Waals surface area contributed by atoms with Gasteiger partial charge in [-0.3, -0.25) is 24.0 Å². The molecule has 3 unspecified atom stereocenters. The van der Waals surface area contributed by atoms with Gasteiger partial charge < -0.3 is 47.6 Å². The lowest BCUT2D eigenvalue weighted by molar-refractivity contribution is -0.143. The highest BCUT2D eigenvalue weighted by molar-refractivity contribution is 5.93. The molecule has 0 aromatic heterocycles. The minimum Gasteiger partial charge on any atom is -0.480 e. The maximum atomic E-state index is 11.8. The number of nitrogens with one attached hydrogen (secondary N) is 5. The third-order valence-corrected chi connectivity index (χ3v) is 3.46. The van der Waals surface area contributed by atoms with Gasteiger partial charge in [0.15, 0.2) is 0 Å². The van der Waals surface area contributed by atoms with Gasteiger partial charge in [-0.25, -0.2) is 4.79 Å². The predicted molar refractivity (Wildman–Crippen MR) is 98.3 cm³/mol. The van der Waals surface area contributed by atoms with E-state index in [0.717, 1.165) is 0 Å². The number of carbonyl (C=O) groups excluding carboxylic acids is 5. The van der Waals surface area contributed by atoms with E-state index in [0.29, 0.717) is 0 Å². The monoisotopic (exact) mass is 434 g/mol. The van der Waals surface area contributed by atoms with Crippen molar-refractivity contribution >= 4 is 35.5 Å². The van der Waals surface area contributed by atoms with E-state index in [1.54, 1.807) is 0 Å². The van der Waals surface area contributed by atoms with Crippen molar-refractivity contribution in [1.82, 2.24) is 26.6 Å². The Balaban J connectivity index is 4.33. The molecule has 0 aromatic carbocycles. The topological polar surface area (TPSA) is 249 Å². The molecular weight excluding hydrogens is 408 g/mol. The van der Waals surface area contributed by atoms with E-state index in [4.69, 9.17) is 21.1 Å². The molecule has 0 aliphatic carbocycles. The normalized spacial score (nSPS) is 13.2. The number of carbonyl (C=O) groups is 6. The summed E-state index contributed by atoms with van der Waals surface area (Å²) in [6.07, 6.45) is 0. The highest BCUT2D eigenvalue weighted by Gasteiger charge is 2.23. The number of aliphatic hydroxyl groups is 2. The molecule has 0 aromatic rings. The highest BCUT2D eigenvalue weighted by atomic mass is 16.4. The van der Waals surface area contributed by atoms with E-state index in [-0.39, 0.29) is 0 Å². The Hall–Kier alpha value is -3.30. The van der Waals surface area contributed by atoms with Crippen LogP contribution in [-0.4, -0.2) is 102 Å². The van der Waals surface area contributed by atoms with E-state index in [9.17, 15) is 28.8 Å². The summed E-state index contributed by atoms with van der Waals surface area (Å²) in [4.78, 5) is 68.8. The molecule has 0 aliphatic rings. The molecule has 3 atom stereocenters. The van der Waals surface area contributed by atoms with Crippen molar-refractivity contribution in [2.24, 2.45) is 5.73 Å². The van der Waals surface area contributed by atoms with Gasteiger partial charge in [-0.2, -0.15) is 0 Å². The van der Waals surface area contributed by atoms with Crippen LogP contribution in [-0.2, 0) is 28.8 Å². The first kappa shape index (κ1) is 26.7. The second-order valence-electron chi connectivity index (χ2n) is 5.87. The van der Waals surface area contributed by atoms with E-state index in [1.165, 1.54) is 6.92 Å². The van der Waals surface area contributed by atoms with Gasteiger partial charge in [-0.15, -0.1) is 0 Å². The Morgan fingerprint density at radius 1 is 0.767 bits per heavy atom. The minimum atomic E-state index is -1.53. The lowest BCUT2D eigenvalue weighted by atomic mass is 10.2. The van der Waals surface area contributed by atoms with Crippen molar-refractivity contribution in [2.45, 2.75) is 25.0 Å². The number of carboxylic acids is 1. The van der Waals surface area contributed by atoms with Gasteiger partial charge in [0.1, 0.15) is 18.1 Å². The van der Waals surface area contributed by atoms with E-state index >= 15 is 0 Å². The molecule has 30 heavy (non-hydrogen) atoms. The summed E-state index contributed by atoms with van der Waals surface area (Å²) in [6, 6.07) is -3.98. The summed E-state index contributed by atoms with van der Waals surface area (Å²) in [5.74, 6) is -5.40. The molecule has 170 valence electrons. The Bertz CT molecular complexity index is 657. The van der Waals surface area contributed by atoms with Gasteiger partial charge in [0.2, 0.25) is 29.5 Å². The van der Waals surface area contributed by atoms with Crippen LogP contribution in [0.25, 0.3) is 0 Å². The average Bonchev–Trinajstić information content (AvgIpc) is 2.71. The number of carboxylic acid groups (broad SMARTS) is 1. The second-order valence-corrected chi connectivity index (χ2v) is 5.87. The number of aliphatic carboxylic acids is 1. The van der Waals surface area contributed by atoms with Crippen LogP contribution in [0.1, 0.15) is 6.92 Å². The van der Waals surface area contributed by atoms with Crippen molar-refractivity contribution in [3.63, 3.8) is 0 Å². The molecule has 5 amide bonds. The molecule has 0 heterocycles. The molecule has 15 heteroatoms. The zero-order valence-electron chi connectivity index (χ0n) is 16.1. The van der Waals surface area contributed by atoms with Crippen LogP contribution < -0.4 is 32.3 Å². The van der Waals surface area contributed by atoms with E-state index in [2.05, 4.69) is 21.3 Å². The third-order valence-electron chi connectivity index (χ3n) is 3.46. The molecule has 10 N–H and O–H groups in total. The van der Waals surface area contributed by atoms with Crippen LogP contribution in [0.4, 0.5) is 0 Å². The maximum Gasteiger partial charge on any atom is 0.328 e. The van der Waals surface area contributed by atoms with Crippen LogP contribution in [0.5, 0.6) is 0 Å². The standard InChI is InChI=1S/C15H26N6O9/c1-7(13(27)21-9(6-23)15(29)30)19-12(26)4-17-11(25)3-18-14(28)8(5-22)20-10(24)2-16/h7-9,22-23H,2-6,16H2,1H3,(H,17,25)(H,18,28)(H,19,26)(H,20,24)(H,21,27)(H,29,30). The number of nitrogens with two attached hydrogens (primary N) is 1. The highest BCUT2D eigenvalue weighted by Crippen LogP contribution is 1.88. The Morgan fingerprint density at radius 2 is 1.33 bits per heavy atom. The summed E-state index contributed by atoms with van der Waals surface area (Å²) < 4.78 is 0. The maximum absolute atomic E-state index is 11.8. The molecule has 15 nitrogen and oxygen atoms in total. The summed E-state index contributed by atoms with van der Waals surface area (Å²) in [5, 5.41) is 37.3. The van der Waals surface area contributed by atoms with Crippen LogP contribution in [0.3, 0.4) is 0 Å². The average molecular weight is 434 g/mol. The number of amides is 5. The first-order valence-electron chi connectivity index (χ1n) is 8.63. The minimum absolute atomic E-state index is 0.396. The number of aliphatic hydroxyl groups excluding tert-OH is 2. The zero-order valence-corrected chi connectivity index (χ0v) is 16.1. The Kier molecular flexibility index (Phi) is 12.3. The lowest BCUT2D eigenvalue weighted by Crippen LogP contribution is -2.53. The van der Waals surface area contributed by atoms with Crippen molar-refractivity contribution < 1.29 is 44.1 Å². The van der Waals surface area contributed by atoms with Gasteiger partial charge in [0.05, 0.1) is 32.8 Å². The molecule has 0 bridgehead atoms. The fraction of sp³-hybridized carbons (Fsp3) is 0.600. The molecule has 0 saturated carbocycles. The van der Waals surface area contributed by atoms with Gasteiger partial charge in [0, 0.05) is 0 Å². The van der Waals surface area contributed by atoms with Crippen molar-refractivity contribution in [2.75, 3.05) is 32.8 Å².